The highest BCUT2D eigenvalue weighted by Crippen LogP contribution is 2.28. The van der Waals surface area contributed by atoms with Crippen molar-refractivity contribution in [1.82, 2.24) is 9.78 Å². The van der Waals surface area contributed by atoms with Crippen LogP contribution in [0.5, 0.6) is 0 Å². The van der Waals surface area contributed by atoms with Crippen molar-refractivity contribution in [3.8, 4) is 16.9 Å². The molecule has 0 N–H and O–H groups in total. The van der Waals surface area contributed by atoms with Gasteiger partial charge in [0.15, 0.2) is 0 Å². The fourth-order valence-corrected chi connectivity index (χ4v) is 2.70. The lowest BCUT2D eigenvalue weighted by atomic mass is 10.2. The van der Waals surface area contributed by atoms with Gasteiger partial charge in [-0.25, -0.2) is 4.68 Å². The standard InChI is InChI=1S/C15H9BrCl2N2/c16-15-9-14(10-4-2-1-3-5-10)19-20(15)11-6-7-12(17)13(18)8-11/h1-9H. The molecule has 0 radical (unpaired) electrons. The molecule has 0 aliphatic carbocycles. The van der Waals surface area contributed by atoms with Crippen molar-refractivity contribution in [3.05, 3.63) is 69.2 Å². The minimum absolute atomic E-state index is 0.507. The summed E-state index contributed by atoms with van der Waals surface area (Å²) < 4.78 is 2.64. The van der Waals surface area contributed by atoms with Crippen molar-refractivity contribution in [3.63, 3.8) is 0 Å². The summed E-state index contributed by atoms with van der Waals surface area (Å²) in [5, 5.41) is 5.63. The zero-order valence-corrected chi connectivity index (χ0v) is 13.3. The predicted molar refractivity (Wildman–Crippen MR) is 86.7 cm³/mol. The molecule has 5 heteroatoms. The van der Waals surface area contributed by atoms with E-state index in [4.69, 9.17) is 23.2 Å². The first-order valence-corrected chi connectivity index (χ1v) is 7.46. The third-order valence-corrected chi connectivity index (χ3v) is 4.19. The number of hydrogen-bond donors (Lipinski definition) is 0. The van der Waals surface area contributed by atoms with E-state index >= 15 is 0 Å². The summed E-state index contributed by atoms with van der Waals surface area (Å²) in [6.07, 6.45) is 0. The van der Waals surface area contributed by atoms with E-state index in [0.29, 0.717) is 10.0 Å². The number of halogens is 3. The Kier molecular flexibility index (Phi) is 3.83. The van der Waals surface area contributed by atoms with Crippen molar-refractivity contribution in [2.75, 3.05) is 0 Å². The second-order valence-electron chi connectivity index (χ2n) is 4.23. The molecule has 3 rings (SSSR count). The van der Waals surface area contributed by atoms with E-state index in [1.807, 2.05) is 42.5 Å². The molecule has 0 fully saturated rings. The van der Waals surface area contributed by atoms with E-state index in [-0.39, 0.29) is 0 Å². The smallest absolute Gasteiger partial charge is 0.110 e. The minimum Gasteiger partial charge on any atom is -0.226 e. The van der Waals surface area contributed by atoms with Gasteiger partial charge in [-0.1, -0.05) is 53.5 Å². The largest absolute Gasteiger partial charge is 0.226 e. The van der Waals surface area contributed by atoms with Crippen molar-refractivity contribution in [2.45, 2.75) is 0 Å². The molecular weight excluding hydrogens is 359 g/mol. The van der Waals surface area contributed by atoms with E-state index < -0.39 is 0 Å². The lowest BCUT2D eigenvalue weighted by molar-refractivity contribution is 0.864. The van der Waals surface area contributed by atoms with Gasteiger partial charge in [0, 0.05) is 5.56 Å². The van der Waals surface area contributed by atoms with Gasteiger partial charge in [-0.05, 0) is 40.2 Å². The Hall–Kier alpha value is -1.29. The first-order valence-electron chi connectivity index (χ1n) is 5.91. The maximum atomic E-state index is 6.05. The average Bonchev–Trinajstić information content (AvgIpc) is 2.85. The van der Waals surface area contributed by atoms with Gasteiger partial charge < -0.3 is 0 Å². The van der Waals surface area contributed by atoms with E-state index in [1.54, 1.807) is 16.8 Å². The highest BCUT2D eigenvalue weighted by atomic mass is 79.9. The molecule has 0 atom stereocenters. The number of aromatic nitrogens is 2. The zero-order valence-electron chi connectivity index (χ0n) is 10.2. The second kappa shape index (κ2) is 5.60. The van der Waals surface area contributed by atoms with Crippen LogP contribution in [-0.4, -0.2) is 9.78 Å². The summed E-state index contributed by atoms with van der Waals surface area (Å²) >= 11 is 15.5. The van der Waals surface area contributed by atoms with E-state index in [0.717, 1.165) is 21.5 Å². The highest BCUT2D eigenvalue weighted by molar-refractivity contribution is 9.10. The summed E-state index contributed by atoms with van der Waals surface area (Å²) in [6.45, 7) is 0. The van der Waals surface area contributed by atoms with Crippen LogP contribution in [0.4, 0.5) is 0 Å². The van der Waals surface area contributed by atoms with Gasteiger partial charge in [0.05, 0.1) is 21.4 Å². The Balaban J connectivity index is 2.07. The molecule has 0 saturated heterocycles. The molecule has 0 bridgehead atoms. The lowest BCUT2D eigenvalue weighted by Gasteiger charge is -2.04. The number of hydrogen-bond acceptors (Lipinski definition) is 1. The monoisotopic (exact) mass is 366 g/mol. The van der Waals surface area contributed by atoms with Crippen LogP contribution in [-0.2, 0) is 0 Å². The van der Waals surface area contributed by atoms with E-state index in [1.165, 1.54) is 0 Å². The van der Waals surface area contributed by atoms with Gasteiger partial charge in [0.2, 0.25) is 0 Å². The average molecular weight is 368 g/mol. The SMILES string of the molecule is Clc1ccc(-n2nc(-c3ccccc3)cc2Br)cc1Cl. The third kappa shape index (κ3) is 2.62. The van der Waals surface area contributed by atoms with Gasteiger partial charge in [-0.3, -0.25) is 0 Å². The van der Waals surface area contributed by atoms with Gasteiger partial charge in [-0.15, -0.1) is 0 Å². The van der Waals surface area contributed by atoms with Crippen LogP contribution < -0.4 is 0 Å². The first kappa shape index (κ1) is 13.7. The molecule has 2 nitrogen and oxygen atoms in total. The first-order chi connectivity index (χ1) is 9.65. The fraction of sp³-hybridized carbons (Fsp3) is 0. The maximum absolute atomic E-state index is 6.05. The molecule has 0 aliphatic heterocycles. The number of rotatable bonds is 2. The van der Waals surface area contributed by atoms with Gasteiger partial charge in [-0.2, -0.15) is 5.10 Å². The Morgan fingerprint density at radius 3 is 2.35 bits per heavy atom. The van der Waals surface area contributed by atoms with Gasteiger partial charge in [0.1, 0.15) is 4.60 Å². The molecule has 100 valence electrons. The van der Waals surface area contributed by atoms with Crippen LogP contribution in [0.25, 0.3) is 16.9 Å². The topological polar surface area (TPSA) is 17.8 Å². The highest BCUT2D eigenvalue weighted by Gasteiger charge is 2.10. The molecule has 0 amide bonds. The Labute approximate surface area is 135 Å². The van der Waals surface area contributed by atoms with Crippen LogP contribution in [0.1, 0.15) is 0 Å². The van der Waals surface area contributed by atoms with Gasteiger partial charge >= 0.3 is 0 Å². The van der Waals surface area contributed by atoms with Crippen LogP contribution in [0, 0.1) is 0 Å². The predicted octanol–water partition coefficient (Wildman–Crippen LogP) is 5.61. The molecule has 2 aromatic carbocycles. The lowest BCUT2D eigenvalue weighted by Crippen LogP contribution is -1.96. The Morgan fingerprint density at radius 2 is 1.65 bits per heavy atom. The number of benzene rings is 2. The summed E-state index contributed by atoms with van der Waals surface area (Å²) in [5.41, 5.74) is 2.81. The van der Waals surface area contributed by atoms with Crippen molar-refractivity contribution < 1.29 is 0 Å². The third-order valence-electron chi connectivity index (χ3n) is 2.88. The van der Waals surface area contributed by atoms with Crippen molar-refractivity contribution in [1.29, 1.82) is 0 Å². The molecule has 3 aromatic rings. The molecule has 20 heavy (non-hydrogen) atoms. The van der Waals surface area contributed by atoms with E-state index in [9.17, 15) is 0 Å². The second-order valence-corrected chi connectivity index (χ2v) is 5.86. The summed E-state index contributed by atoms with van der Waals surface area (Å²) in [5.74, 6) is 0. The van der Waals surface area contributed by atoms with Crippen LogP contribution in [0.15, 0.2) is 59.2 Å². The van der Waals surface area contributed by atoms with Crippen LogP contribution in [0.2, 0.25) is 10.0 Å². The molecule has 1 heterocycles. The Bertz CT molecular complexity index is 754. The fourth-order valence-electron chi connectivity index (χ4n) is 1.91. The summed E-state index contributed by atoms with van der Waals surface area (Å²) in [7, 11) is 0. The molecule has 0 aliphatic rings. The normalized spacial score (nSPS) is 10.8. The van der Waals surface area contributed by atoms with E-state index in [2.05, 4.69) is 21.0 Å². The maximum Gasteiger partial charge on any atom is 0.110 e. The minimum atomic E-state index is 0.507. The molecule has 0 unspecified atom stereocenters. The molecular formula is C15H9BrCl2N2. The Morgan fingerprint density at radius 1 is 0.900 bits per heavy atom. The molecule has 0 saturated carbocycles. The van der Waals surface area contributed by atoms with Crippen LogP contribution >= 0.6 is 39.1 Å². The number of nitrogens with zero attached hydrogens (tertiary/aromatic N) is 2. The molecule has 0 spiro atoms. The van der Waals surface area contributed by atoms with Crippen molar-refractivity contribution >= 4 is 39.1 Å². The summed E-state index contributed by atoms with van der Waals surface area (Å²) in [4.78, 5) is 0. The van der Waals surface area contributed by atoms with Gasteiger partial charge in [0.25, 0.3) is 0 Å². The molecule has 1 aromatic heterocycles. The quantitative estimate of drug-likeness (QED) is 0.575. The van der Waals surface area contributed by atoms with Crippen molar-refractivity contribution in [2.24, 2.45) is 0 Å². The summed E-state index contributed by atoms with van der Waals surface area (Å²) in [6, 6.07) is 17.4. The van der Waals surface area contributed by atoms with Crippen LogP contribution in [0.3, 0.4) is 0 Å². The zero-order chi connectivity index (χ0) is 14.1.